The number of hydrogen-bond acceptors (Lipinski definition) is 4. The molecular formula is C15H12FN3OS. The summed E-state index contributed by atoms with van der Waals surface area (Å²) in [6.45, 7) is 1.94. The molecule has 4 nitrogen and oxygen atoms in total. The molecule has 0 aliphatic rings. The van der Waals surface area contributed by atoms with Crippen LogP contribution in [0.1, 0.15) is 11.1 Å². The van der Waals surface area contributed by atoms with Gasteiger partial charge in [-0.25, -0.2) is 14.2 Å². The summed E-state index contributed by atoms with van der Waals surface area (Å²) in [5.41, 5.74) is 2.06. The summed E-state index contributed by atoms with van der Waals surface area (Å²) < 4.78 is 14.5. The van der Waals surface area contributed by atoms with E-state index < -0.39 is 0 Å². The molecule has 0 spiro atoms. The molecule has 0 saturated heterocycles. The van der Waals surface area contributed by atoms with Gasteiger partial charge in [0.05, 0.1) is 0 Å². The van der Waals surface area contributed by atoms with Gasteiger partial charge >= 0.3 is 5.69 Å². The molecule has 2 heterocycles. The number of rotatable bonds is 3. The van der Waals surface area contributed by atoms with E-state index in [1.165, 1.54) is 28.3 Å². The van der Waals surface area contributed by atoms with E-state index in [4.69, 9.17) is 0 Å². The van der Waals surface area contributed by atoms with Gasteiger partial charge in [-0.2, -0.15) is 4.98 Å². The van der Waals surface area contributed by atoms with Crippen LogP contribution in [0.25, 0.3) is 5.65 Å². The Labute approximate surface area is 124 Å². The van der Waals surface area contributed by atoms with Crippen molar-refractivity contribution in [2.45, 2.75) is 17.8 Å². The lowest BCUT2D eigenvalue weighted by molar-refractivity contribution is 0.626. The maximum Gasteiger partial charge on any atom is 0.355 e. The second-order valence-corrected chi connectivity index (χ2v) is 5.58. The Balaban J connectivity index is 1.89. The quantitative estimate of drug-likeness (QED) is 0.698. The number of halogens is 1. The fourth-order valence-electron chi connectivity index (χ4n) is 1.94. The van der Waals surface area contributed by atoms with Crippen molar-refractivity contribution in [3.63, 3.8) is 0 Å². The van der Waals surface area contributed by atoms with Gasteiger partial charge < -0.3 is 0 Å². The molecule has 0 amide bonds. The topological polar surface area (TPSA) is 47.3 Å². The Morgan fingerprint density at radius 3 is 2.90 bits per heavy atom. The Morgan fingerprint density at radius 2 is 2.10 bits per heavy atom. The molecule has 0 saturated carbocycles. The lowest BCUT2D eigenvalue weighted by atomic mass is 10.2. The van der Waals surface area contributed by atoms with Gasteiger partial charge in [0.1, 0.15) is 11.5 Å². The van der Waals surface area contributed by atoms with E-state index in [0.717, 1.165) is 11.1 Å². The predicted molar refractivity (Wildman–Crippen MR) is 80.0 cm³/mol. The van der Waals surface area contributed by atoms with E-state index in [2.05, 4.69) is 9.97 Å². The summed E-state index contributed by atoms with van der Waals surface area (Å²) >= 11 is 1.31. The highest BCUT2D eigenvalue weighted by Crippen LogP contribution is 2.19. The second kappa shape index (κ2) is 5.65. The van der Waals surface area contributed by atoms with Crippen molar-refractivity contribution in [3.05, 3.63) is 70.0 Å². The van der Waals surface area contributed by atoms with Crippen LogP contribution >= 0.6 is 11.8 Å². The Morgan fingerprint density at radius 1 is 1.24 bits per heavy atom. The maximum atomic E-state index is 13.1. The molecule has 0 radical (unpaired) electrons. The zero-order chi connectivity index (χ0) is 14.8. The number of benzene rings is 1. The molecule has 0 aliphatic carbocycles. The van der Waals surface area contributed by atoms with Gasteiger partial charge in [-0.15, -0.1) is 0 Å². The molecular weight excluding hydrogens is 289 g/mol. The first-order chi connectivity index (χ1) is 10.1. The SMILES string of the molecule is Cc1ccn2c(=O)nc(SCc3cccc(F)c3)nc2c1. The minimum atomic E-state index is -0.359. The second-order valence-electron chi connectivity index (χ2n) is 4.64. The number of aromatic nitrogens is 3. The van der Waals surface area contributed by atoms with Gasteiger partial charge in [-0.3, -0.25) is 4.40 Å². The number of pyridine rings is 1. The zero-order valence-corrected chi connectivity index (χ0v) is 12.1. The van der Waals surface area contributed by atoms with Crippen LogP contribution in [0.5, 0.6) is 0 Å². The van der Waals surface area contributed by atoms with Crippen molar-refractivity contribution < 1.29 is 4.39 Å². The number of thioether (sulfide) groups is 1. The Kier molecular flexibility index (Phi) is 3.70. The summed E-state index contributed by atoms with van der Waals surface area (Å²) in [7, 11) is 0. The van der Waals surface area contributed by atoms with Gasteiger partial charge in [0.2, 0.25) is 0 Å². The van der Waals surface area contributed by atoms with Crippen molar-refractivity contribution in [1.29, 1.82) is 0 Å². The van der Waals surface area contributed by atoms with Gasteiger partial charge in [0.15, 0.2) is 5.16 Å². The van der Waals surface area contributed by atoms with Crippen molar-refractivity contribution in [2.24, 2.45) is 0 Å². The standard InChI is InChI=1S/C15H12FN3OS/c1-10-5-6-19-13(7-10)17-14(18-15(19)20)21-9-11-3-2-4-12(16)8-11/h2-8H,9H2,1H3. The molecule has 1 aromatic carbocycles. The summed E-state index contributed by atoms with van der Waals surface area (Å²) in [6, 6.07) is 10.0. The summed E-state index contributed by atoms with van der Waals surface area (Å²) in [4.78, 5) is 20.2. The first-order valence-electron chi connectivity index (χ1n) is 6.36. The number of fused-ring (bicyclic) bond motifs is 1. The molecule has 106 valence electrons. The fraction of sp³-hybridized carbons (Fsp3) is 0.133. The third-order valence-electron chi connectivity index (χ3n) is 2.95. The number of aryl methyl sites for hydroxylation is 1. The summed E-state index contributed by atoms with van der Waals surface area (Å²) in [5, 5.41) is 0.398. The predicted octanol–water partition coefficient (Wildman–Crippen LogP) is 2.83. The minimum absolute atomic E-state index is 0.275. The molecule has 21 heavy (non-hydrogen) atoms. The van der Waals surface area contributed by atoms with Crippen LogP contribution in [0.2, 0.25) is 0 Å². The highest BCUT2D eigenvalue weighted by Gasteiger charge is 2.05. The fourth-order valence-corrected chi connectivity index (χ4v) is 2.71. The minimum Gasteiger partial charge on any atom is -0.251 e. The maximum absolute atomic E-state index is 13.1. The van der Waals surface area contributed by atoms with E-state index in [1.54, 1.807) is 12.3 Å². The van der Waals surface area contributed by atoms with Crippen molar-refractivity contribution in [3.8, 4) is 0 Å². The summed E-state index contributed by atoms with van der Waals surface area (Å²) in [6.07, 6.45) is 1.66. The van der Waals surface area contributed by atoms with E-state index >= 15 is 0 Å². The van der Waals surface area contributed by atoms with Crippen LogP contribution in [-0.2, 0) is 5.75 Å². The van der Waals surface area contributed by atoms with Gasteiger partial charge in [0, 0.05) is 11.9 Å². The lowest BCUT2D eigenvalue weighted by Crippen LogP contribution is -2.19. The normalized spacial score (nSPS) is 11.0. The first-order valence-corrected chi connectivity index (χ1v) is 7.35. The average molecular weight is 301 g/mol. The molecule has 0 N–H and O–H groups in total. The average Bonchev–Trinajstić information content (AvgIpc) is 2.45. The molecule has 0 bridgehead atoms. The molecule has 0 atom stereocenters. The smallest absolute Gasteiger partial charge is 0.251 e. The van der Waals surface area contributed by atoms with E-state index in [0.29, 0.717) is 16.6 Å². The highest BCUT2D eigenvalue weighted by atomic mass is 32.2. The van der Waals surface area contributed by atoms with Gasteiger partial charge in [-0.1, -0.05) is 23.9 Å². The van der Waals surface area contributed by atoms with Crippen LogP contribution in [-0.4, -0.2) is 14.4 Å². The van der Waals surface area contributed by atoms with Gasteiger partial charge in [-0.05, 0) is 42.3 Å². The van der Waals surface area contributed by atoms with Crippen LogP contribution in [0.3, 0.4) is 0 Å². The Hall–Kier alpha value is -2.21. The largest absolute Gasteiger partial charge is 0.355 e. The van der Waals surface area contributed by atoms with Crippen LogP contribution in [0, 0.1) is 12.7 Å². The molecule has 6 heteroatoms. The third-order valence-corrected chi connectivity index (χ3v) is 3.87. The zero-order valence-electron chi connectivity index (χ0n) is 11.3. The molecule has 2 aromatic heterocycles. The third kappa shape index (κ3) is 3.11. The van der Waals surface area contributed by atoms with Crippen molar-refractivity contribution in [2.75, 3.05) is 0 Å². The van der Waals surface area contributed by atoms with E-state index in [1.807, 2.05) is 25.1 Å². The molecule has 3 aromatic rings. The number of nitrogens with zero attached hydrogens (tertiary/aromatic N) is 3. The summed E-state index contributed by atoms with van der Waals surface area (Å²) in [5.74, 6) is 0.238. The highest BCUT2D eigenvalue weighted by molar-refractivity contribution is 7.98. The van der Waals surface area contributed by atoms with Gasteiger partial charge in [0.25, 0.3) is 0 Å². The van der Waals surface area contributed by atoms with Crippen LogP contribution < -0.4 is 5.69 Å². The number of hydrogen-bond donors (Lipinski definition) is 0. The van der Waals surface area contributed by atoms with E-state index in [9.17, 15) is 9.18 Å². The molecule has 0 unspecified atom stereocenters. The Bertz CT molecular complexity index is 863. The van der Waals surface area contributed by atoms with Crippen molar-refractivity contribution >= 4 is 17.4 Å². The van der Waals surface area contributed by atoms with E-state index in [-0.39, 0.29) is 11.5 Å². The van der Waals surface area contributed by atoms with Crippen LogP contribution in [0.15, 0.2) is 52.5 Å². The lowest BCUT2D eigenvalue weighted by Gasteiger charge is -2.04. The monoisotopic (exact) mass is 301 g/mol. The molecule has 3 rings (SSSR count). The van der Waals surface area contributed by atoms with Crippen LogP contribution in [0.4, 0.5) is 4.39 Å². The van der Waals surface area contributed by atoms with Crippen molar-refractivity contribution in [1.82, 2.24) is 14.4 Å². The molecule has 0 fully saturated rings. The first kappa shape index (κ1) is 13.8. The molecule has 0 aliphatic heterocycles.